The van der Waals surface area contributed by atoms with Crippen molar-refractivity contribution in [1.29, 1.82) is 0 Å². The van der Waals surface area contributed by atoms with E-state index in [1.54, 1.807) is 12.1 Å². The number of ether oxygens (including phenoxy) is 1. The van der Waals surface area contributed by atoms with E-state index < -0.39 is 5.97 Å². The van der Waals surface area contributed by atoms with Gasteiger partial charge in [-0.3, -0.25) is 0 Å². The quantitative estimate of drug-likeness (QED) is 0.281. The van der Waals surface area contributed by atoms with Crippen LogP contribution in [-0.4, -0.2) is 24.2 Å². The van der Waals surface area contributed by atoms with Gasteiger partial charge in [0.1, 0.15) is 12.4 Å². The first-order valence-corrected chi connectivity index (χ1v) is 11.3. The maximum absolute atomic E-state index is 11.7. The van der Waals surface area contributed by atoms with Crippen LogP contribution in [0.1, 0.15) is 34.5 Å². The number of hydrogen-bond acceptors (Lipinski definition) is 3. The van der Waals surface area contributed by atoms with Crippen molar-refractivity contribution in [2.75, 3.05) is 13.2 Å². The van der Waals surface area contributed by atoms with E-state index in [0.717, 1.165) is 16.7 Å². The lowest BCUT2D eigenvalue weighted by atomic mass is 10.00. The lowest BCUT2D eigenvalue weighted by Crippen LogP contribution is -2.24. The van der Waals surface area contributed by atoms with E-state index in [-0.39, 0.29) is 11.6 Å². The minimum atomic E-state index is -0.991. The molecule has 0 fully saturated rings. The molecule has 0 bridgehead atoms. The van der Waals surface area contributed by atoms with Crippen LogP contribution in [-0.2, 0) is 0 Å². The molecule has 4 aromatic rings. The van der Waals surface area contributed by atoms with E-state index in [4.69, 9.17) is 16.3 Å². The van der Waals surface area contributed by atoms with Crippen LogP contribution >= 0.6 is 11.6 Å². The van der Waals surface area contributed by atoms with E-state index in [1.807, 2.05) is 37.3 Å². The number of aryl methyl sites for hydroxylation is 1. The van der Waals surface area contributed by atoms with Gasteiger partial charge in [-0.05, 0) is 77.2 Å². The van der Waals surface area contributed by atoms with Crippen molar-refractivity contribution in [3.63, 3.8) is 0 Å². The molecule has 0 aliphatic rings. The van der Waals surface area contributed by atoms with Crippen LogP contribution in [0.3, 0.4) is 0 Å². The number of carboxylic acid groups (broad SMARTS) is 1. The summed E-state index contributed by atoms with van der Waals surface area (Å²) in [4.78, 5) is 11.7. The highest BCUT2D eigenvalue weighted by atomic mass is 35.5. The molecule has 0 saturated carbocycles. The van der Waals surface area contributed by atoms with Gasteiger partial charge in [-0.15, -0.1) is 0 Å². The van der Waals surface area contributed by atoms with Crippen LogP contribution in [0, 0.1) is 6.92 Å². The first-order valence-electron chi connectivity index (χ1n) is 10.9. The number of carbonyl (C=O) groups is 1. The maximum Gasteiger partial charge on any atom is 0.335 e. The van der Waals surface area contributed by atoms with Crippen molar-refractivity contribution in [3.8, 4) is 16.9 Å². The third-order valence-electron chi connectivity index (χ3n) is 5.76. The van der Waals surface area contributed by atoms with Crippen molar-refractivity contribution in [2.45, 2.75) is 19.9 Å². The predicted molar refractivity (Wildman–Crippen MR) is 134 cm³/mol. The summed E-state index contributed by atoms with van der Waals surface area (Å²) in [5, 5.41) is 16.2. The Bertz CT molecular complexity index is 1300. The molecular weight excluding hydrogens is 434 g/mol. The molecule has 1 atom stereocenters. The van der Waals surface area contributed by atoms with Crippen LogP contribution in [0.15, 0.2) is 78.9 Å². The molecule has 0 saturated heterocycles. The molecule has 5 heteroatoms. The zero-order valence-corrected chi connectivity index (χ0v) is 19.4. The molecule has 168 valence electrons. The molecule has 4 nitrogen and oxygen atoms in total. The van der Waals surface area contributed by atoms with E-state index in [1.165, 1.54) is 16.3 Å². The van der Waals surface area contributed by atoms with Gasteiger partial charge in [-0.2, -0.15) is 0 Å². The molecule has 1 unspecified atom stereocenters. The van der Waals surface area contributed by atoms with Crippen molar-refractivity contribution >= 4 is 28.3 Å². The Kier molecular flexibility index (Phi) is 6.97. The second kappa shape index (κ2) is 10.1. The van der Waals surface area contributed by atoms with Gasteiger partial charge in [0.15, 0.2) is 0 Å². The lowest BCUT2D eigenvalue weighted by Gasteiger charge is -2.17. The molecule has 0 heterocycles. The molecule has 4 rings (SSSR count). The van der Waals surface area contributed by atoms with Gasteiger partial charge in [0.2, 0.25) is 0 Å². The Morgan fingerprint density at radius 3 is 2.58 bits per heavy atom. The van der Waals surface area contributed by atoms with Gasteiger partial charge in [0.05, 0.1) is 5.56 Å². The monoisotopic (exact) mass is 459 g/mol. The molecule has 2 N–H and O–H groups in total. The molecular formula is C28H26ClNO3. The highest BCUT2D eigenvalue weighted by Crippen LogP contribution is 2.29. The smallest absolute Gasteiger partial charge is 0.335 e. The molecule has 0 aromatic heterocycles. The van der Waals surface area contributed by atoms with Crippen molar-refractivity contribution < 1.29 is 14.6 Å². The number of halogens is 1. The largest absolute Gasteiger partial charge is 0.492 e. The number of hydrogen-bond donors (Lipinski definition) is 2. The van der Waals surface area contributed by atoms with Crippen LogP contribution in [0.2, 0.25) is 5.02 Å². The molecule has 0 spiro atoms. The summed E-state index contributed by atoms with van der Waals surface area (Å²) >= 11 is 6.14. The van der Waals surface area contributed by atoms with Gasteiger partial charge in [-0.25, -0.2) is 4.79 Å². The minimum Gasteiger partial charge on any atom is -0.492 e. The number of aromatic carboxylic acids is 1. The third kappa shape index (κ3) is 5.36. The Morgan fingerprint density at radius 2 is 1.79 bits per heavy atom. The van der Waals surface area contributed by atoms with Crippen LogP contribution in [0.4, 0.5) is 0 Å². The Labute approximate surface area is 198 Å². The number of benzene rings is 4. The fourth-order valence-corrected chi connectivity index (χ4v) is 4.10. The van der Waals surface area contributed by atoms with Gasteiger partial charge >= 0.3 is 5.97 Å². The van der Waals surface area contributed by atoms with Gasteiger partial charge in [0.25, 0.3) is 0 Å². The first kappa shape index (κ1) is 22.8. The zero-order valence-electron chi connectivity index (χ0n) is 18.6. The standard InChI is InChI=1S/C28H26ClNO3/c1-18-14-21(10-11-27(18)29)22-15-23(28(31)32)17-24(16-22)33-13-12-30-19(2)25-9-5-7-20-6-3-4-8-26(20)25/h3-11,14-17,19,30H,12-13H2,1-2H3,(H,31,32). The van der Waals surface area contributed by atoms with E-state index in [0.29, 0.717) is 23.9 Å². The van der Waals surface area contributed by atoms with Crippen LogP contribution < -0.4 is 10.1 Å². The molecule has 0 radical (unpaired) electrons. The van der Waals surface area contributed by atoms with E-state index in [9.17, 15) is 9.90 Å². The fraction of sp³-hybridized carbons (Fsp3) is 0.179. The van der Waals surface area contributed by atoms with Crippen molar-refractivity contribution in [1.82, 2.24) is 5.32 Å². The Morgan fingerprint density at radius 1 is 1.00 bits per heavy atom. The summed E-state index contributed by atoms with van der Waals surface area (Å²) in [6, 6.07) is 25.5. The fourth-order valence-electron chi connectivity index (χ4n) is 3.98. The Balaban J connectivity index is 1.45. The number of carboxylic acids is 1. The zero-order chi connectivity index (χ0) is 23.4. The maximum atomic E-state index is 11.7. The van der Waals surface area contributed by atoms with Crippen LogP contribution in [0.25, 0.3) is 21.9 Å². The molecule has 0 amide bonds. The van der Waals surface area contributed by atoms with Crippen molar-refractivity contribution in [3.05, 3.63) is 101 Å². The van der Waals surface area contributed by atoms with Gasteiger partial charge in [0, 0.05) is 17.6 Å². The van der Waals surface area contributed by atoms with E-state index in [2.05, 4.69) is 48.6 Å². The average Bonchev–Trinajstić information content (AvgIpc) is 2.82. The minimum absolute atomic E-state index is 0.151. The van der Waals surface area contributed by atoms with E-state index >= 15 is 0 Å². The average molecular weight is 460 g/mol. The van der Waals surface area contributed by atoms with Gasteiger partial charge < -0.3 is 15.2 Å². The number of nitrogens with one attached hydrogen (secondary N) is 1. The highest BCUT2D eigenvalue weighted by molar-refractivity contribution is 6.31. The number of fused-ring (bicyclic) bond motifs is 1. The number of rotatable bonds is 8. The second-order valence-corrected chi connectivity index (χ2v) is 8.52. The molecule has 4 aromatic carbocycles. The second-order valence-electron chi connectivity index (χ2n) is 8.11. The Hall–Kier alpha value is -3.34. The lowest BCUT2D eigenvalue weighted by molar-refractivity contribution is 0.0696. The molecule has 0 aliphatic carbocycles. The topological polar surface area (TPSA) is 58.6 Å². The third-order valence-corrected chi connectivity index (χ3v) is 6.18. The summed E-state index contributed by atoms with van der Waals surface area (Å²) in [6.45, 7) is 5.09. The van der Waals surface area contributed by atoms with Gasteiger partial charge in [-0.1, -0.05) is 60.1 Å². The molecule has 0 aliphatic heterocycles. The van der Waals surface area contributed by atoms with Crippen molar-refractivity contribution in [2.24, 2.45) is 0 Å². The van der Waals surface area contributed by atoms with Crippen LogP contribution in [0.5, 0.6) is 5.75 Å². The first-order chi connectivity index (χ1) is 15.9. The summed E-state index contributed by atoms with van der Waals surface area (Å²) in [5.41, 5.74) is 4.03. The summed E-state index contributed by atoms with van der Waals surface area (Å²) in [7, 11) is 0. The summed E-state index contributed by atoms with van der Waals surface area (Å²) in [5.74, 6) is -0.466. The molecule has 33 heavy (non-hydrogen) atoms. The summed E-state index contributed by atoms with van der Waals surface area (Å²) in [6.07, 6.45) is 0. The predicted octanol–water partition coefficient (Wildman–Crippen LogP) is 6.90. The highest BCUT2D eigenvalue weighted by Gasteiger charge is 2.12. The normalized spacial score (nSPS) is 12.0. The SMILES string of the molecule is Cc1cc(-c2cc(OCCNC(C)c3cccc4ccccc34)cc(C(=O)O)c2)ccc1Cl. The summed E-state index contributed by atoms with van der Waals surface area (Å²) < 4.78 is 5.93.